The highest BCUT2D eigenvalue weighted by atomic mass is 32.1. The van der Waals surface area contributed by atoms with Gasteiger partial charge in [-0.05, 0) is 37.1 Å². The van der Waals surface area contributed by atoms with E-state index in [1.807, 2.05) is 43.5 Å². The van der Waals surface area contributed by atoms with Crippen LogP contribution in [0.1, 0.15) is 26.7 Å². The molecule has 0 aliphatic heterocycles. The molecule has 1 aromatic heterocycles. The molecule has 1 aromatic carbocycles. The first-order valence-corrected chi connectivity index (χ1v) is 7.57. The van der Waals surface area contributed by atoms with Gasteiger partial charge in [-0.3, -0.25) is 4.79 Å². The van der Waals surface area contributed by atoms with Crippen LogP contribution >= 0.6 is 11.3 Å². The summed E-state index contributed by atoms with van der Waals surface area (Å²) >= 11 is 1.59. The quantitative estimate of drug-likeness (QED) is 0.887. The molecule has 0 atom stereocenters. The van der Waals surface area contributed by atoms with Crippen molar-refractivity contribution in [3.05, 3.63) is 35.8 Å². The van der Waals surface area contributed by atoms with Gasteiger partial charge in [-0.2, -0.15) is 0 Å². The molecule has 1 heterocycles. The molecule has 0 saturated heterocycles. The van der Waals surface area contributed by atoms with Crippen LogP contribution in [0.5, 0.6) is 0 Å². The second kappa shape index (κ2) is 6.15. The maximum atomic E-state index is 12.2. The molecular weight excluding hydrogens is 270 g/mol. The highest BCUT2D eigenvalue weighted by Gasteiger charge is 2.29. The molecule has 5 heteroatoms. The standard InChI is InChI=1S/C15H19N3OS/c1-3-15(16,4-2)14(19)18-12-7-5-11(6-8-12)13-17-9-10-20-13/h5-10H,3-4,16H2,1-2H3,(H,18,19). The zero-order chi connectivity index (χ0) is 14.6. The van der Waals surface area contributed by atoms with E-state index in [1.54, 1.807) is 17.5 Å². The van der Waals surface area contributed by atoms with Crippen LogP contribution in [0.3, 0.4) is 0 Å². The van der Waals surface area contributed by atoms with Crippen molar-refractivity contribution in [2.45, 2.75) is 32.2 Å². The number of anilines is 1. The minimum atomic E-state index is -0.798. The highest BCUT2D eigenvalue weighted by molar-refractivity contribution is 7.13. The van der Waals surface area contributed by atoms with Gasteiger partial charge in [0.15, 0.2) is 0 Å². The van der Waals surface area contributed by atoms with Gasteiger partial charge in [0, 0.05) is 22.8 Å². The number of benzene rings is 1. The fourth-order valence-electron chi connectivity index (χ4n) is 1.89. The van der Waals surface area contributed by atoms with E-state index in [0.29, 0.717) is 12.8 Å². The average Bonchev–Trinajstić information content (AvgIpc) is 3.01. The van der Waals surface area contributed by atoms with Crippen molar-refractivity contribution in [2.24, 2.45) is 5.73 Å². The van der Waals surface area contributed by atoms with Gasteiger partial charge >= 0.3 is 0 Å². The Morgan fingerprint density at radius 2 is 1.95 bits per heavy atom. The van der Waals surface area contributed by atoms with E-state index in [4.69, 9.17) is 5.73 Å². The minimum absolute atomic E-state index is 0.135. The normalized spacial score (nSPS) is 11.3. The number of rotatable bonds is 5. The number of amides is 1. The van der Waals surface area contributed by atoms with E-state index in [2.05, 4.69) is 10.3 Å². The lowest BCUT2D eigenvalue weighted by atomic mass is 9.93. The lowest BCUT2D eigenvalue weighted by Crippen LogP contribution is -2.50. The van der Waals surface area contributed by atoms with Crippen LogP contribution in [0.15, 0.2) is 35.8 Å². The fraction of sp³-hybridized carbons (Fsp3) is 0.333. The summed E-state index contributed by atoms with van der Waals surface area (Å²) in [7, 11) is 0. The summed E-state index contributed by atoms with van der Waals surface area (Å²) in [6.45, 7) is 3.85. The van der Waals surface area contributed by atoms with Crippen LogP contribution in [0, 0.1) is 0 Å². The van der Waals surface area contributed by atoms with Gasteiger partial charge in [-0.1, -0.05) is 13.8 Å². The maximum Gasteiger partial charge on any atom is 0.244 e. The van der Waals surface area contributed by atoms with Crippen molar-refractivity contribution in [2.75, 3.05) is 5.32 Å². The molecule has 2 rings (SSSR count). The number of nitrogens with zero attached hydrogens (tertiary/aromatic N) is 1. The third-order valence-electron chi connectivity index (χ3n) is 3.54. The number of hydrogen-bond acceptors (Lipinski definition) is 4. The van der Waals surface area contributed by atoms with Crippen molar-refractivity contribution < 1.29 is 4.79 Å². The van der Waals surface area contributed by atoms with Crippen LogP contribution in [0.2, 0.25) is 0 Å². The van der Waals surface area contributed by atoms with Gasteiger partial charge < -0.3 is 11.1 Å². The predicted molar refractivity (Wildman–Crippen MR) is 83.7 cm³/mol. The van der Waals surface area contributed by atoms with Crippen molar-refractivity contribution in [3.8, 4) is 10.6 Å². The largest absolute Gasteiger partial charge is 0.324 e. The minimum Gasteiger partial charge on any atom is -0.324 e. The van der Waals surface area contributed by atoms with Gasteiger partial charge in [0.05, 0.1) is 5.54 Å². The molecule has 106 valence electrons. The number of nitrogens with two attached hydrogens (primary N) is 1. The van der Waals surface area contributed by atoms with E-state index in [1.165, 1.54) is 0 Å². The Morgan fingerprint density at radius 1 is 1.30 bits per heavy atom. The SMILES string of the molecule is CCC(N)(CC)C(=O)Nc1ccc(-c2nccs2)cc1. The molecule has 0 spiro atoms. The topological polar surface area (TPSA) is 68.0 Å². The number of hydrogen-bond donors (Lipinski definition) is 2. The lowest BCUT2D eigenvalue weighted by molar-refractivity contribution is -0.121. The molecule has 4 nitrogen and oxygen atoms in total. The summed E-state index contributed by atoms with van der Waals surface area (Å²) in [6, 6.07) is 7.65. The van der Waals surface area contributed by atoms with Gasteiger partial charge in [-0.25, -0.2) is 4.98 Å². The van der Waals surface area contributed by atoms with Crippen molar-refractivity contribution in [3.63, 3.8) is 0 Å². The van der Waals surface area contributed by atoms with Crippen LogP contribution in [-0.4, -0.2) is 16.4 Å². The van der Waals surface area contributed by atoms with Crippen molar-refractivity contribution >= 4 is 22.9 Å². The Morgan fingerprint density at radius 3 is 2.45 bits per heavy atom. The maximum absolute atomic E-state index is 12.2. The third kappa shape index (κ3) is 3.05. The van der Waals surface area contributed by atoms with Crippen LogP contribution in [0.4, 0.5) is 5.69 Å². The molecule has 0 bridgehead atoms. The Hall–Kier alpha value is -1.72. The summed E-state index contributed by atoms with van der Waals surface area (Å²) in [5.74, 6) is -0.135. The summed E-state index contributed by atoms with van der Waals surface area (Å²) in [5.41, 5.74) is 7.08. The molecule has 0 saturated carbocycles. The summed E-state index contributed by atoms with van der Waals surface area (Å²) in [4.78, 5) is 16.4. The molecule has 0 radical (unpaired) electrons. The fourth-order valence-corrected chi connectivity index (χ4v) is 2.53. The third-order valence-corrected chi connectivity index (χ3v) is 4.36. The number of carbonyl (C=O) groups is 1. The van der Waals surface area contributed by atoms with E-state index in [0.717, 1.165) is 16.3 Å². The molecule has 0 aliphatic carbocycles. The Kier molecular flexibility index (Phi) is 4.52. The molecule has 0 fully saturated rings. The predicted octanol–water partition coefficient (Wildman–Crippen LogP) is 3.27. The first kappa shape index (κ1) is 14.7. The Labute approximate surface area is 123 Å². The summed E-state index contributed by atoms with van der Waals surface area (Å²) in [6.07, 6.45) is 3.01. The number of aromatic nitrogens is 1. The van der Waals surface area contributed by atoms with E-state index >= 15 is 0 Å². The van der Waals surface area contributed by atoms with Gasteiger partial charge in [-0.15, -0.1) is 11.3 Å². The summed E-state index contributed by atoms with van der Waals surface area (Å²) in [5, 5.41) is 5.79. The van der Waals surface area contributed by atoms with E-state index < -0.39 is 5.54 Å². The monoisotopic (exact) mass is 289 g/mol. The second-order valence-electron chi connectivity index (χ2n) is 4.73. The second-order valence-corrected chi connectivity index (χ2v) is 5.63. The van der Waals surface area contributed by atoms with Crippen molar-refractivity contribution in [1.29, 1.82) is 0 Å². The zero-order valence-electron chi connectivity index (χ0n) is 11.7. The molecule has 0 aliphatic rings. The molecule has 2 aromatic rings. The molecule has 20 heavy (non-hydrogen) atoms. The Balaban J connectivity index is 2.10. The molecule has 1 amide bonds. The van der Waals surface area contributed by atoms with Gasteiger partial charge in [0.1, 0.15) is 5.01 Å². The van der Waals surface area contributed by atoms with Crippen LogP contribution < -0.4 is 11.1 Å². The molecule has 3 N–H and O–H groups in total. The van der Waals surface area contributed by atoms with Gasteiger partial charge in [0.25, 0.3) is 0 Å². The van der Waals surface area contributed by atoms with E-state index in [9.17, 15) is 4.79 Å². The summed E-state index contributed by atoms with van der Waals surface area (Å²) < 4.78 is 0. The first-order chi connectivity index (χ1) is 9.59. The van der Waals surface area contributed by atoms with Crippen LogP contribution in [-0.2, 0) is 4.79 Å². The van der Waals surface area contributed by atoms with Gasteiger partial charge in [0.2, 0.25) is 5.91 Å². The lowest BCUT2D eigenvalue weighted by Gasteiger charge is -2.25. The average molecular weight is 289 g/mol. The van der Waals surface area contributed by atoms with Crippen LogP contribution in [0.25, 0.3) is 10.6 Å². The number of carbonyl (C=O) groups excluding carboxylic acids is 1. The Bertz CT molecular complexity index is 559. The highest BCUT2D eigenvalue weighted by Crippen LogP contribution is 2.24. The first-order valence-electron chi connectivity index (χ1n) is 6.69. The number of thiazole rings is 1. The smallest absolute Gasteiger partial charge is 0.244 e. The van der Waals surface area contributed by atoms with E-state index in [-0.39, 0.29) is 5.91 Å². The molecular formula is C15H19N3OS. The number of nitrogens with one attached hydrogen (secondary N) is 1. The molecule has 0 unspecified atom stereocenters. The zero-order valence-corrected chi connectivity index (χ0v) is 12.5. The van der Waals surface area contributed by atoms with Crippen molar-refractivity contribution in [1.82, 2.24) is 4.98 Å².